The highest BCUT2D eigenvalue weighted by molar-refractivity contribution is 6.05. The smallest absolute Gasteiger partial charge is 0.319 e. The van der Waals surface area contributed by atoms with E-state index in [-0.39, 0.29) is 11.5 Å². The summed E-state index contributed by atoms with van der Waals surface area (Å²) >= 11 is 0. The van der Waals surface area contributed by atoms with Crippen LogP contribution in [0.2, 0.25) is 0 Å². The molecule has 0 bridgehead atoms. The van der Waals surface area contributed by atoms with Crippen molar-refractivity contribution in [2.45, 2.75) is 19.8 Å². The number of rotatable bonds is 7. The van der Waals surface area contributed by atoms with E-state index >= 15 is 0 Å². The van der Waals surface area contributed by atoms with Crippen molar-refractivity contribution in [2.24, 2.45) is 0 Å². The highest BCUT2D eigenvalue weighted by Gasteiger charge is 2.14. The molecule has 0 saturated carbocycles. The Bertz CT molecular complexity index is 1050. The summed E-state index contributed by atoms with van der Waals surface area (Å²) < 4.78 is 32.3. The van der Waals surface area contributed by atoms with Gasteiger partial charge in [0.1, 0.15) is 17.4 Å². The Morgan fingerprint density at radius 2 is 1.87 bits per heavy atom. The lowest BCUT2D eigenvalue weighted by Gasteiger charge is -2.11. The van der Waals surface area contributed by atoms with E-state index in [1.54, 1.807) is 13.0 Å². The number of anilines is 2. The lowest BCUT2D eigenvalue weighted by atomic mass is 10.1. The second kappa shape index (κ2) is 9.69. The maximum absolute atomic E-state index is 14.1. The maximum Gasteiger partial charge on any atom is 0.319 e. The molecule has 0 saturated heterocycles. The van der Waals surface area contributed by atoms with E-state index in [1.807, 2.05) is 6.07 Å². The van der Waals surface area contributed by atoms with Gasteiger partial charge < -0.3 is 20.4 Å². The van der Waals surface area contributed by atoms with Crippen LogP contribution in [-0.4, -0.2) is 18.5 Å². The summed E-state index contributed by atoms with van der Waals surface area (Å²) in [4.78, 5) is 24.3. The molecule has 1 aromatic heterocycles. The number of furan rings is 1. The molecular weight excluding hydrogens is 392 g/mol. The molecule has 3 amide bonds. The third-order valence-corrected chi connectivity index (χ3v) is 4.39. The molecule has 3 rings (SSSR count). The average Bonchev–Trinajstić information content (AvgIpc) is 3.14. The summed E-state index contributed by atoms with van der Waals surface area (Å²) in [5.74, 6) is -1.02. The van der Waals surface area contributed by atoms with Gasteiger partial charge in [-0.3, -0.25) is 4.79 Å². The molecule has 30 heavy (non-hydrogen) atoms. The van der Waals surface area contributed by atoms with Gasteiger partial charge in [0.05, 0.1) is 17.5 Å². The van der Waals surface area contributed by atoms with Gasteiger partial charge in [-0.05, 0) is 61.7 Å². The maximum atomic E-state index is 14.1. The lowest BCUT2D eigenvalue weighted by Crippen LogP contribution is -2.29. The molecule has 156 valence electrons. The van der Waals surface area contributed by atoms with Crippen molar-refractivity contribution in [1.29, 1.82) is 0 Å². The van der Waals surface area contributed by atoms with E-state index < -0.39 is 17.8 Å². The van der Waals surface area contributed by atoms with Crippen LogP contribution in [0.1, 0.15) is 28.1 Å². The summed E-state index contributed by atoms with van der Waals surface area (Å²) in [5.41, 5.74) is 1.40. The van der Waals surface area contributed by atoms with E-state index in [9.17, 15) is 18.4 Å². The zero-order valence-electron chi connectivity index (χ0n) is 16.3. The Hall–Kier alpha value is -3.68. The third kappa shape index (κ3) is 5.66. The zero-order valence-corrected chi connectivity index (χ0v) is 16.3. The van der Waals surface area contributed by atoms with Crippen LogP contribution in [0.3, 0.4) is 0 Å². The molecule has 0 spiro atoms. The molecule has 1 heterocycles. The van der Waals surface area contributed by atoms with Crippen molar-refractivity contribution in [1.82, 2.24) is 5.32 Å². The predicted molar refractivity (Wildman–Crippen MR) is 110 cm³/mol. The van der Waals surface area contributed by atoms with E-state index in [1.165, 1.54) is 36.6 Å². The molecule has 3 aromatic rings. The first kappa shape index (κ1) is 21.0. The molecule has 6 nitrogen and oxygen atoms in total. The Labute approximate surface area is 172 Å². The molecule has 0 aliphatic rings. The van der Waals surface area contributed by atoms with Gasteiger partial charge in [0.15, 0.2) is 0 Å². The van der Waals surface area contributed by atoms with Crippen molar-refractivity contribution in [2.75, 3.05) is 17.2 Å². The first-order chi connectivity index (χ1) is 14.4. The standard InChI is InChI=1S/C22H21F2N3O3/c1-14-18(9-11-30-14)21(28)27-20-13-17(7-8-19(20)24)26-22(29)25-10-3-5-15-4-2-6-16(23)12-15/h2,4,6-9,11-13H,3,5,10H2,1H3,(H,27,28)(H2,25,26,29). The number of urea groups is 1. The molecule has 0 fully saturated rings. The van der Waals surface area contributed by atoms with Crippen LogP contribution in [-0.2, 0) is 6.42 Å². The number of carbonyl (C=O) groups is 2. The average molecular weight is 413 g/mol. The third-order valence-electron chi connectivity index (χ3n) is 4.39. The van der Waals surface area contributed by atoms with Gasteiger partial charge in [-0.25, -0.2) is 13.6 Å². The van der Waals surface area contributed by atoms with Crippen molar-refractivity contribution >= 4 is 23.3 Å². The fourth-order valence-electron chi connectivity index (χ4n) is 2.87. The summed E-state index contributed by atoms with van der Waals surface area (Å²) in [6, 6.07) is 11.2. The fourth-order valence-corrected chi connectivity index (χ4v) is 2.87. The Morgan fingerprint density at radius 3 is 2.60 bits per heavy atom. The van der Waals surface area contributed by atoms with Crippen molar-refractivity contribution in [3.63, 3.8) is 0 Å². The van der Waals surface area contributed by atoms with E-state index in [4.69, 9.17) is 4.42 Å². The van der Waals surface area contributed by atoms with Gasteiger partial charge in [0.2, 0.25) is 0 Å². The normalized spacial score (nSPS) is 10.5. The van der Waals surface area contributed by atoms with Gasteiger partial charge in [-0.2, -0.15) is 0 Å². The van der Waals surface area contributed by atoms with Crippen LogP contribution in [0.4, 0.5) is 25.0 Å². The lowest BCUT2D eigenvalue weighted by molar-refractivity contribution is 0.102. The topological polar surface area (TPSA) is 83.4 Å². The molecule has 0 radical (unpaired) electrons. The highest BCUT2D eigenvalue weighted by Crippen LogP contribution is 2.21. The SMILES string of the molecule is Cc1occc1C(=O)Nc1cc(NC(=O)NCCCc2cccc(F)c2)ccc1F. The number of hydrogen-bond acceptors (Lipinski definition) is 3. The van der Waals surface area contributed by atoms with E-state index in [2.05, 4.69) is 16.0 Å². The monoisotopic (exact) mass is 413 g/mol. The molecule has 0 unspecified atom stereocenters. The second-order valence-electron chi connectivity index (χ2n) is 6.65. The minimum Gasteiger partial charge on any atom is -0.469 e. The number of nitrogens with one attached hydrogen (secondary N) is 3. The van der Waals surface area contributed by atoms with E-state index in [0.29, 0.717) is 36.4 Å². The van der Waals surface area contributed by atoms with Gasteiger partial charge >= 0.3 is 6.03 Å². The minimum absolute atomic E-state index is 0.0653. The molecule has 0 aliphatic carbocycles. The highest BCUT2D eigenvalue weighted by atomic mass is 19.1. The largest absolute Gasteiger partial charge is 0.469 e. The molecular formula is C22H21F2N3O3. The Morgan fingerprint density at radius 1 is 1.03 bits per heavy atom. The quantitative estimate of drug-likeness (QED) is 0.483. The zero-order chi connectivity index (χ0) is 21.5. The van der Waals surface area contributed by atoms with Gasteiger partial charge in [0, 0.05) is 12.2 Å². The van der Waals surface area contributed by atoms with Crippen LogP contribution >= 0.6 is 0 Å². The molecule has 0 atom stereocenters. The number of benzene rings is 2. The molecule has 8 heteroatoms. The number of aryl methyl sites for hydroxylation is 2. The van der Waals surface area contributed by atoms with Crippen LogP contribution in [0.15, 0.2) is 59.2 Å². The molecule has 0 aliphatic heterocycles. The number of carbonyl (C=O) groups excluding carboxylic acids is 2. The first-order valence-corrected chi connectivity index (χ1v) is 9.36. The van der Waals surface area contributed by atoms with Crippen LogP contribution < -0.4 is 16.0 Å². The van der Waals surface area contributed by atoms with Crippen LogP contribution in [0, 0.1) is 18.6 Å². The van der Waals surface area contributed by atoms with Crippen molar-refractivity contribution in [3.8, 4) is 0 Å². The molecule has 3 N–H and O–H groups in total. The summed E-state index contributed by atoms with van der Waals surface area (Å²) in [6.07, 6.45) is 2.63. The first-order valence-electron chi connectivity index (χ1n) is 9.36. The van der Waals surface area contributed by atoms with Gasteiger partial charge in [-0.1, -0.05) is 12.1 Å². The minimum atomic E-state index is -0.634. The number of amides is 3. The summed E-state index contributed by atoms with van der Waals surface area (Å²) in [6.45, 7) is 2.01. The fraction of sp³-hybridized carbons (Fsp3) is 0.182. The van der Waals surface area contributed by atoms with Crippen molar-refractivity contribution < 1.29 is 22.8 Å². The van der Waals surface area contributed by atoms with Gasteiger partial charge in [-0.15, -0.1) is 0 Å². The second-order valence-corrected chi connectivity index (χ2v) is 6.65. The van der Waals surface area contributed by atoms with Crippen molar-refractivity contribution in [3.05, 3.63) is 83.3 Å². The van der Waals surface area contributed by atoms with Crippen LogP contribution in [0.25, 0.3) is 0 Å². The summed E-state index contributed by atoms with van der Waals surface area (Å²) in [7, 11) is 0. The van der Waals surface area contributed by atoms with Crippen LogP contribution in [0.5, 0.6) is 0 Å². The predicted octanol–water partition coefficient (Wildman–Crippen LogP) is 4.87. The van der Waals surface area contributed by atoms with Gasteiger partial charge in [0.25, 0.3) is 5.91 Å². The summed E-state index contributed by atoms with van der Waals surface area (Å²) in [5, 5.41) is 7.74. The number of halogens is 2. The number of hydrogen-bond donors (Lipinski definition) is 3. The van der Waals surface area contributed by atoms with E-state index in [0.717, 1.165) is 11.6 Å². The molecule has 2 aromatic carbocycles. The Balaban J connectivity index is 1.51. The Kier molecular flexibility index (Phi) is 6.79.